The second-order valence-corrected chi connectivity index (χ2v) is 7.39. The fraction of sp³-hybridized carbons (Fsp3) is 0.667. The molecule has 0 radical (unpaired) electrons. The Morgan fingerprint density at radius 2 is 2.19 bits per heavy atom. The van der Waals surface area contributed by atoms with Gasteiger partial charge in [-0.15, -0.1) is 0 Å². The Morgan fingerprint density at radius 1 is 1.46 bits per heavy atom. The molecule has 3 aliphatic heterocycles. The van der Waals surface area contributed by atoms with Crippen LogP contribution in [0.15, 0.2) is 23.3 Å². The average Bonchev–Trinajstić information content (AvgIpc) is 3.11. The molecule has 3 rings (SSSR count). The number of aliphatic hydroxyl groups is 2. The third kappa shape index (κ3) is 2.96. The van der Waals surface area contributed by atoms with Crippen LogP contribution in [0.5, 0.6) is 0 Å². The van der Waals surface area contributed by atoms with Crippen molar-refractivity contribution in [3.05, 3.63) is 28.5 Å². The fourth-order valence-corrected chi connectivity index (χ4v) is 4.08. The number of hydrogen-bond acceptors (Lipinski definition) is 7. The second kappa shape index (κ2) is 6.77. The summed E-state index contributed by atoms with van der Waals surface area (Å²) in [7, 11) is 0. The highest BCUT2D eigenvalue weighted by Gasteiger charge is 2.51. The van der Waals surface area contributed by atoms with Crippen LogP contribution in [-0.4, -0.2) is 70.8 Å². The first-order chi connectivity index (χ1) is 12.2. The Labute approximate surface area is 151 Å². The van der Waals surface area contributed by atoms with E-state index in [0.717, 1.165) is 0 Å². The van der Waals surface area contributed by atoms with E-state index in [-0.39, 0.29) is 25.1 Å². The smallest absolute Gasteiger partial charge is 0.341 e. The summed E-state index contributed by atoms with van der Waals surface area (Å²) in [5.74, 6) is -2.27. The maximum absolute atomic E-state index is 12.9. The Bertz CT molecular complexity index is 672. The summed E-state index contributed by atoms with van der Waals surface area (Å²) in [4.78, 5) is 25.0. The first-order valence-corrected chi connectivity index (χ1v) is 8.88. The summed E-state index contributed by atoms with van der Waals surface area (Å²) in [6.07, 6.45) is 3.22. The molecule has 1 unspecified atom stereocenters. The van der Waals surface area contributed by atoms with Gasteiger partial charge in [0.25, 0.3) is 0 Å². The third-order valence-corrected chi connectivity index (χ3v) is 5.87. The molecule has 0 bridgehead atoms. The van der Waals surface area contributed by atoms with Crippen molar-refractivity contribution >= 4 is 11.9 Å². The van der Waals surface area contributed by atoms with Gasteiger partial charge in [0.2, 0.25) is 0 Å². The Hall–Kier alpha value is -1.74. The molecule has 3 heterocycles. The molecule has 5 atom stereocenters. The van der Waals surface area contributed by atoms with E-state index >= 15 is 0 Å². The van der Waals surface area contributed by atoms with Gasteiger partial charge in [-0.2, -0.15) is 0 Å². The van der Waals surface area contributed by atoms with Gasteiger partial charge in [0, 0.05) is 23.5 Å². The lowest BCUT2D eigenvalue weighted by Crippen LogP contribution is -2.51. The zero-order valence-corrected chi connectivity index (χ0v) is 15.0. The van der Waals surface area contributed by atoms with Crippen molar-refractivity contribution < 1.29 is 33.9 Å². The number of hydrogen-bond donors (Lipinski definition) is 2. The number of rotatable bonds is 1. The van der Waals surface area contributed by atoms with E-state index in [0.29, 0.717) is 18.5 Å². The lowest BCUT2D eigenvalue weighted by atomic mass is 9.84. The number of nitrogens with zero attached hydrogens (tertiary/aromatic N) is 1. The molecular weight excluding hydrogens is 342 g/mol. The lowest BCUT2D eigenvalue weighted by Gasteiger charge is -2.41. The summed E-state index contributed by atoms with van der Waals surface area (Å²) < 4.78 is 10.4. The van der Waals surface area contributed by atoms with Crippen molar-refractivity contribution in [2.45, 2.75) is 44.4 Å². The van der Waals surface area contributed by atoms with E-state index in [4.69, 9.17) is 9.47 Å². The predicted octanol–water partition coefficient (Wildman–Crippen LogP) is 0.178. The highest BCUT2D eigenvalue weighted by Crippen LogP contribution is 2.39. The van der Waals surface area contributed by atoms with Gasteiger partial charge < -0.3 is 29.5 Å². The van der Waals surface area contributed by atoms with Crippen LogP contribution in [0.1, 0.15) is 26.7 Å². The average molecular weight is 367 g/mol. The second-order valence-electron chi connectivity index (χ2n) is 7.39. The Kier molecular flexibility index (Phi) is 4.96. The molecule has 3 aliphatic rings. The molecule has 0 saturated carbocycles. The van der Waals surface area contributed by atoms with Gasteiger partial charge in [0.1, 0.15) is 6.61 Å². The van der Waals surface area contributed by atoms with Crippen molar-refractivity contribution in [3.8, 4) is 0 Å². The maximum atomic E-state index is 12.9. The summed E-state index contributed by atoms with van der Waals surface area (Å²) >= 11 is 0. The largest absolute Gasteiger partial charge is 0.632 e. The number of allylic oxidation sites excluding steroid dienone is 1. The molecule has 0 spiro atoms. The number of ether oxygens (including phenoxy) is 2. The van der Waals surface area contributed by atoms with Gasteiger partial charge in [-0.1, -0.05) is 13.0 Å². The minimum Gasteiger partial charge on any atom is -0.632 e. The van der Waals surface area contributed by atoms with Gasteiger partial charge in [0.05, 0.1) is 19.7 Å². The molecule has 0 aliphatic carbocycles. The standard InChI is InChI=1S/C18H25NO7/c1-3-12-8-11(2)18(23,10-20)17(22)25-9-13-4-6-19(24)7-5-14(15(13)19)26-16(12)21/h3-4,11,14-15,20,23H,5-10H2,1-2H3/b12-3-/t11-,14+,15+,18-,19?/m0/s1. The van der Waals surface area contributed by atoms with Gasteiger partial charge in [-0.25, -0.2) is 9.59 Å². The molecular formula is C18H25NO7. The summed E-state index contributed by atoms with van der Waals surface area (Å²) in [5.41, 5.74) is -1.25. The van der Waals surface area contributed by atoms with E-state index in [1.54, 1.807) is 26.0 Å². The van der Waals surface area contributed by atoms with Crippen LogP contribution < -0.4 is 0 Å². The van der Waals surface area contributed by atoms with Crippen molar-refractivity contribution in [1.82, 2.24) is 0 Å². The van der Waals surface area contributed by atoms with E-state index in [1.165, 1.54) is 0 Å². The number of aliphatic hydroxyl groups excluding tert-OH is 1. The van der Waals surface area contributed by atoms with E-state index < -0.39 is 46.9 Å². The number of quaternary nitrogens is 1. The first kappa shape index (κ1) is 19.0. The Morgan fingerprint density at radius 3 is 2.85 bits per heavy atom. The van der Waals surface area contributed by atoms with E-state index in [2.05, 4.69) is 0 Å². The van der Waals surface area contributed by atoms with Crippen LogP contribution in [0.4, 0.5) is 0 Å². The molecule has 26 heavy (non-hydrogen) atoms. The van der Waals surface area contributed by atoms with Crippen LogP contribution in [0, 0.1) is 11.1 Å². The zero-order valence-electron chi connectivity index (χ0n) is 15.0. The summed E-state index contributed by atoms with van der Waals surface area (Å²) in [6, 6.07) is -0.594. The zero-order chi connectivity index (χ0) is 19.1. The van der Waals surface area contributed by atoms with E-state index in [9.17, 15) is 25.0 Å². The van der Waals surface area contributed by atoms with Crippen molar-refractivity contribution in [2.75, 3.05) is 26.3 Å². The topological polar surface area (TPSA) is 116 Å². The minimum absolute atomic E-state index is 0.0406. The molecule has 0 aromatic heterocycles. The maximum Gasteiger partial charge on any atom is 0.341 e. The van der Waals surface area contributed by atoms with Crippen molar-refractivity contribution in [2.24, 2.45) is 5.92 Å². The molecule has 0 aromatic carbocycles. The molecule has 0 aromatic rings. The SMILES string of the molecule is C/C=C1/C[C@H](C)[C@@](O)(CO)C(=O)OCC2=CC[N+]3([O-])CC[C@@H](OC1=O)[C@@H]23. The summed E-state index contributed by atoms with van der Waals surface area (Å²) in [6.45, 7) is 2.81. The van der Waals surface area contributed by atoms with Crippen molar-refractivity contribution in [3.63, 3.8) is 0 Å². The molecule has 8 nitrogen and oxygen atoms in total. The molecule has 2 N–H and O–H groups in total. The first-order valence-electron chi connectivity index (χ1n) is 8.88. The van der Waals surface area contributed by atoms with E-state index in [1.807, 2.05) is 0 Å². The lowest BCUT2D eigenvalue weighted by molar-refractivity contribution is -0.877. The highest BCUT2D eigenvalue weighted by atomic mass is 16.6. The molecule has 2 fully saturated rings. The quantitative estimate of drug-likeness (QED) is 0.223. The van der Waals surface area contributed by atoms with Crippen LogP contribution in [0.25, 0.3) is 0 Å². The monoisotopic (exact) mass is 367 g/mol. The van der Waals surface area contributed by atoms with Gasteiger partial charge in [-0.3, -0.25) is 0 Å². The number of esters is 2. The van der Waals surface area contributed by atoms with Crippen LogP contribution >= 0.6 is 0 Å². The van der Waals surface area contributed by atoms with Crippen LogP contribution in [-0.2, 0) is 19.1 Å². The van der Waals surface area contributed by atoms with Crippen molar-refractivity contribution in [1.29, 1.82) is 0 Å². The normalized spacial score (nSPS) is 42.4. The highest BCUT2D eigenvalue weighted by molar-refractivity contribution is 5.89. The molecule has 0 amide bonds. The van der Waals surface area contributed by atoms with Crippen LogP contribution in [0.2, 0.25) is 0 Å². The van der Waals surface area contributed by atoms with Crippen LogP contribution in [0.3, 0.4) is 0 Å². The molecule has 144 valence electrons. The molecule has 8 heteroatoms. The number of carbonyl (C=O) groups is 2. The molecule has 2 saturated heterocycles. The van der Waals surface area contributed by atoms with Gasteiger partial charge in [0.15, 0.2) is 17.7 Å². The van der Waals surface area contributed by atoms with Gasteiger partial charge in [-0.05, 0) is 19.4 Å². The predicted molar refractivity (Wildman–Crippen MR) is 90.3 cm³/mol. The number of hydroxylamine groups is 3. The fourth-order valence-electron chi connectivity index (χ4n) is 4.08. The number of cyclic esters (lactones) is 1. The summed E-state index contributed by atoms with van der Waals surface area (Å²) in [5, 5.41) is 33.1. The minimum atomic E-state index is -2.13. The van der Waals surface area contributed by atoms with Gasteiger partial charge >= 0.3 is 11.9 Å². The third-order valence-electron chi connectivity index (χ3n) is 5.87. The Balaban J connectivity index is 1.96. The number of carbonyl (C=O) groups excluding carboxylic acids is 2.